The maximum atomic E-state index is 11.1. The van der Waals surface area contributed by atoms with Crippen LogP contribution < -0.4 is 5.32 Å². The van der Waals surface area contributed by atoms with Gasteiger partial charge in [0.2, 0.25) is 0 Å². The van der Waals surface area contributed by atoms with Crippen LogP contribution in [-0.4, -0.2) is 30.8 Å². The first kappa shape index (κ1) is 12.1. The van der Waals surface area contributed by atoms with Crippen LogP contribution in [-0.2, 0) is 16.1 Å². The fraction of sp³-hybridized carbons (Fsp3) is 0.462. The largest absolute Gasteiger partial charge is 0.480 e. The summed E-state index contributed by atoms with van der Waals surface area (Å²) >= 11 is 0. The minimum atomic E-state index is -0.773. The quantitative estimate of drug-likeness (QED) is 0.827. The fourth-order valence-electron chi connectivity index (χ4n) is 2.40. The Bertz CT molecular complexity index is 405. The smallest absolute Gasteiger partial charge is 0.321 e. The maximum Gasteiger partial charge on any atom is 0.321 e. The maximum absolute atomic E-state index is 11.1. The number of hydrogen-bond donors (Lipinski definition) is 2. The molecule has 1 aromatic carbocycles. The molecule has 0 aromatic heterocycles. The third-order valence-electron chi connectivity index (χ3n) is 3.18. The standard InChI is InChI=1S/C13H17NO3/c1-17-8-9-3-2-4-10(7-9)11-5-6-14-12(11)13(15)16/h2-4,7,11-12,14H,5-6,8H2,1H3,(H,15,16). The van der Waals surface area contributed by atoms with E-state index in [0.29, 0.717) is 6.61 Å². The highest BCUT2D eigenvalue weighted by atomic mass is 16.5. The Morgan fingerprint density at radius 2 is 2.41 bits per heavy atom. The Hall–Kier alpha value is -1.39. The van der Waals surface area contributed by atoms with E-state index in [1.807, 2.05) is 24.3 Å². The zero-order valence-corrected chi connectivity index (χ0v) is 9.85. The lowest BCUT2D eigenvalue weighted by Gasteiger charge is -2.16. The number of rotatable bonds is 4. The van der Waals surface area contributed by atoms with Crippen molar-refractivity contribution >= 4 is 5.97 Å². The highest BCUT2D eigenvalue weighted by Gasteiger charge is 2.33. The molecule has 1 aliphatic rings. The monoisotopic (exact) mass is 235 g/mol. The number of carbonyl (C=O) groups is 1. The molecule has 0 radical (unpaired) electrons. The van der Waals surface area contributed by atoms with Gasteiger partial charge >= 0.3 is 5.97 Å². The van der Waals surface area contributed by atoms with Crippen LogP contribution in [0.15, 0.2) is 24.3 Å². The summed E-state index contributed by atoms with van der Waals surface area (Å²) in [5.74, 6) is -0.714. The number of hydrogen-bond acceptors (Lipinski definition) is 3. The van der Waals surface area contributed by atoms with Crippen molar-refractivity contribution in [3.05, 3.63) is 35.4 Å². The van der Waals surface area contributed by atoms with Crippen molar-refractivity contribution in [1.82, 2.24) is 5.32 Å². The molecule has 2 rings (SSSR count). The molecule has 0 bridgehead atoms. The highest BCUT2D eigenvalue weighted by Crippen LogP contribution is 2.28. The molecule has 0 spiro atoms. The third-order valence-corrected chi connectivity index (χ3v) is 3.18. The SMILES string of the molecule is COCc1cccc(C2CCNC2C(=O)O)c1. The van der Waals surface area contributed by atoms with Gasteiger partial charge in [0.25, 0.3) is 0 Å². The van der Waals surface area contributed by atoms with E-state index in [1.165, 1.54) is 0 Å². The van der Waals surface area contributed by atoms with Crippen molar-refractivity contribution in [2.24, 2.45) is 0 Å². The van der Waals surface area contributed by atoms with Crippen LogP contribution >= 0.6 is 0 Å². The molecular weight excluding hydrogens is 218 g/mol. The molecule has 1 heterocycles. The van der Waals surface area contributed by atoms with E-state index >= 15 is 0 Å². The molecule has 1 aliphatic heterocycles. The molecule has 4 nitrogen and oxygen atoms in total. The number of methoxy groups -OCH3 is 1. The Balaban J connectivity index is 2.21. The summed E-state index contributed by atoms with van der Waals surface area (Å²) in [6, 6.07) is 7.52. The highest BCUT2D eigenvalue weighted by molar-refractivity contribution is 5.75. The van der Waals surface area contributed by atoms with Crippen molar-refractivity contribution < 1.29 is 14.6 Å². The van der Waals surface area contributed by atoms with Gasteiger partial charge in [-0.1, -0.05) is 24.3 Å². The van der Waals surface area contributed by atoms with E-state index in [1.54, 1.807) is 7.11 Å². The number of carboxylic acids is 1. The minimum absolute atomic E-state index is 0.0595. The Kier molecular flexibility index (Phi) is 3.76. The first-order valence-electron chi connectivity index (χ1n) is 5.76. The number of aliphatic carboxylic acids is 1. The number of ether oxygens (including phenoxy) is 1. The zero-order chi connectivity index (χ0) is 12.3. The van der Waals surface area contributed by atoms with E-state index < -0.39 is 12.0 Å². The van der Waals surface area contributed by atoms with Crippen molar-refractivity contribution in [3.8, 4) is 0 Å². The number of benzene rings is 1. The van der Waals surface area contributed by atoms with Crippen LogP contribution in [0.25, 0.3) is 0 Å². The van der Waals surface area contributed by atoms with Gasteiger partial charge in [-0.05, 0) is 24.1 Å². The molecule has 1 saturated heterocycles. The molecule has 2 atom stereocenters. The molecule has 2 unspecified atom stereocenters. The normalized spacial score (nSPS) is 23.8. The zero-order valence-electron chi connectivity index (χ0n) is 9.85. The minimum Gasteiger partial charge on any atom is -0.480 e. The van der Waals surface area contributed by atoms with Crippen LogP contribution in [0.2, 0.25) is 0 Å². The lowest BCUT2D eigenvalue weighted by atomic mass is 9.91. The van der Waals surface area contributed by atoms with Gasteiger partial charge in [-0.2, -0.15) is 0 Å². The second-order valence-corrected chi connectivity index (χ2v) is 4.34. The number of carboxylic acid groups (broad SMARTS) is 1. The Morgan fingerprint density at radius 1 is 1.59 bits per heavy atom. The van der Waals surface area contributed by atoms with E-state index in [-0.39, 0.29) is 5.92 Å². The molecule has 0 amide bonds. The second kappa shape index (κ2) is 5.29. The molecule has 0 saturated carbocycles. The molecule has 4 heteroatoms. The molecule has 92 valence electrons. The molecule has 1 fully saturated rings. The summed E-state index contributed by atoms with van der Waals surface area (Å²) in [6.45, 7) is 1.32. The molecule has 2 N–H and O–H groups in total. The molecule has 1 aromatic rings. The van der Waals surface area contributed by atoms with Crippen molar-refractivity contribution in [1.29, 1.82) is 0 Å². The van der Waals surface area contributed by atoms with Crippen LogP contribution in [0.1, 0.15) is 23.5 Å². The molecular formula is C13H17NO3. The fourth-order valence-corrected chi connectivity index (χ4v) is 2.40. The summed E-state index contributed by atoms with van der Waals surface area (Å²) in [6.07, 6.45) is 0.868. The van der Waals surface area contributed by atoms with Crippen LogP contribution in [0.3, 0.4) is 0 Å². The van der Waals surface area contributed by atoms with Crippen LogP contribution in [0.4, 0.5) is 0 Å². The van der Waals surface area contributed by atoms with Gasteiger partial charge in [-0.25, -0.2) is 0 Å². The Morgan fingerprint density at radius 3 is 3.12 bits per heavy atom. The third kappa shape index (κ3) is 2.65. The number of nitrogens with one attached hydrogen (secondary N) is 1. The van der Waals surface area contributed by atoms with Crippen molar-refractivity contribution in [2.75, 3.05) is 13.7 Å². The van der Waals surface area contributed by atoms with Gasteiger partial charge in [0.15, 0.2) is 0 Å². The summed E-state index contributed by atoms with van der Waals surface area (Å²) < 4.78 is 5.09. The van der Waals surface area contributed by atoms with Gasteiger partial charge in [-0.15, -0.1) is 0 Å². The van der Waals surface area contributed by atoms with E-state index in [9.17, 15) is 4.79 Å². The topological polar surface area (TPSA) is 58.6 Å². The summed E-state index contributed by atoms with van der Waals surface area (Å²) in [5, 5.41) is 12.2. The van der Waals surface area contributed by atoms with Crippen LogP contribution in [0.5, 0.6) is 0 Å². The Labute approximate surface area is 101 Å². The second-order valence-electron chi connectivity index (χ2n) is 4.34. The van der Waals surface area contributed by atoms with Gasteiger partial charge in [0.1, 0.15) is 6.04 Å². The van der Waals surface area contributed by atoms with Gasteiger partial charge in [0.05, 0.1) is 6.61 Å². The first-order valence-corrected chi connectivity index (χ1v) is 5.76. The average Bonchev–Trinajstić information content (AvgIpc) is 2.79. The lowest BCUT2D eigenvalue weighted by Crippen LogP contribution is -2.34. The molecule has 17 heavy (non-hydrogen) atoms. The van der Waals surface area contributed by atoms with E-state index in [4.69, 9.17) is 9.84 Å². The first-order chi connectivity index (χ1) is 8.22. The van der Waals surface area contributed by atoms with Crippen molar-refractivity contribution in [2.45, 2.75) is 25.0 Å². The predicted octanol–water partition coefficient (Wildman–Crippen LogP) is 1.36. The summed E-state index contributed by atoms with van der Waals surface area (Å²) in [4.78, 5) is 11.1. The molecule has 0 aliphatic carbocycles. The predicted molar refractivity (Wildman–Crippen MR) is 63.9 cm³/mol. The van der Waals surface area contributed by atoms with Gasteiger partial charge in [-0.3, -0.25) is 4.79 Å². The van der Waals surface area contributed by atoms with Gasteiger partial charge < -0.3 is 15.2 Å². The van der Waals surface area contributed by atoms with Crippen LogP contribution in [0, 0.1) is 0 Å². The summed E-state index contributed by atoms with van der Waals surface area (Å²) in [5.41, 5.74) is 2.16. The lowest BCUT2D eigenvalue weighted by molar-refractivity contribution is -0.139. The summed E-state index contributed by atoms with van der Waals surface area (Å²) in [7, 11) is 1.66. The van der Waals surface area contributed by atoms with Gasteiger partial charge in [0, 0.05) is 13.0 Å². The van der Waals surface area contributed by atoms with E-state index in [0.717, 1.165) is 24.1 Å². The van der Waals surface area contributed by atoms with Crippen molar-refractivity contribution in [3.63, 3.8) is 0 Å². The average molecular weight is 235 g/mol. The van der Waals surface area contributed by atoms with E-state index in [2.05, 4.69) is 5.32 Å².